The summed E-state index contributed by atoms with van der Waals surface area (Å²) < 4.78 is 18.1. The van der Waals surface area contributed by atoms with Crippen LogP contribution in [0.25, 0.3) is 0 Å². The van der Waals surface area contributed by atoms with E-state index in [1.807, 2.05) is 0 Å². The van der Waals surface area contributed by atoms with Gasteiger partial charge in [0, 0.05) is 6.54 Å². The molecule has 1 amide bonds. The van der Waals surface area contributed by atoms with Gasteiger partial charge in [0.15, 0.2) is 18.2 Å². The van der Waals surface area contributed by atoms with Gasteiger partial charge in [0.05, 0.1) is 0 Å². The Morgan fingerprint density at radius 2 is 2.12 bits per heavy atom. The van der Waals surface area contributed by atoms with Gasteiger partial charge in [-0.1, -0.05) is 12.1 Å². The van der Waals surface area contributed by atoms with Gasteiger partial charge in [-0.2, -0.15) is 0 Å². The molecule has 96 valence electrons. The van der Waals surface area contributed by atoms with Gasteiger partial charge in [0.1, 0.15) is 0 Å². The largest absolute Gasteiger partial charge is 0.481 e. The van der Waals surface area contributed by atoms with E-state index in [9.17, 15) is 9.18 Å². The third-order valence-corrected chi connectivity index (χ3v) is 1.90. The number of nitrogens with two attached hydrogens (primary N) is 1. The highest BCUT2D eigenvalue weighted by Gasteiger charge is 2.05. The molecule has 1 aromatic rings. The van der Waals surface area contributed by atoms with Crippen LogP contribution in [0.4, 0.5) is 4.39 Å². The zero-order valence-electron chi connectivity index (χ0n) is 9.32. The van der Waals surface area contributed by atoms with E-state index in [4.69, 9.17) is 10.5 Å². The molecule has 0 aliphatic carbocycles. The minimum absolute atomic E-state index is 0. The highest BCUT2D eigenvalue weighted by atomic mass is 35.5. The Labute approximate surface area is 106 Å². The summed E-state index contributed by atoms with van der Waals surface area (Å²) >= 11 is 0. The standard InChI is InChI=1S/C11H15FN2O2.ClH/c12-9-4-1-2-5-10(9)16-8-11(15)14-7-3-6-13;/h1-2,4-5H,3,6-8,13H2,(H,14,15);1H. The molecule has 4 nitrogen and oxygen atoms in total. The molecule has 0 spiro atoms. The number of nitrogens with one attached hydrogen (secondary N) is 1. The summed E-state index contributed by atoms with van der Waals surface area (Å²) in [5.41, 5.74) is 5.27. The first-order chi connectivity index (χ1) is 7.74. The molecule has 0 heterocycles. The number of halogens is 2. The predicted octanol–water partition coefficient (Wildman–Crippen LogP) is 1.09. The lowest BCUT2D eigenvalue weighted by molar-refractivity contribution is -0.123. The Bertz CT molecular complexity index is 350. The van der Waals surface area contributed by atoms with Crippen molar-refractivity contribution in [2.75, 3.05) is 19.7 Å². The van der Waals surface area contributed by atoms with Crippen molar-refractivity contribution >= 4 is 18.3 Å². The van der Waals surface area contributed by atoms with Crippen LogP contribution in [0, 0.1) is 5.82 Å². The lowest BCUT2D eigenvalue weighted by Crippen LogP contribution is -2.30. The minimum Gasteiger partial charge on any atom is -0.481 e. The molecule has 17 heavy (non-hydrogen) atoms. The first kappa shape index (κ1) is 15.7. The molecule has 1 rings (SSSR count). The summed E-state index contributed by atoms with van der Waals surface area (Å²) in [4.78, 5) is 11.2. The first-order valence-corrected chi connectivity index (χ1v) is 5.08. The topological polar surface area (TPSA) is 64.3 Å². The number of para-hydroxylation sites is 1. The third kappa shape index (κ3) is 6.09. The average Bonchev–Trinajstić information content (AvgIpc) is 2.28. The monoisotopic (exact) mass is 262 g/mol. The molecular formula is C11H16ClFN2O2. The number of ether oxygens (including phenoxy) is 1. The van der Waals surface area contributed by atoms with Crippen LogP contribution in [0.1, 0.15) is 6.42 Å². The number of carbonyl (C=O) groups excluding carboxylic acids is 1. The zero-order chi connectivity index (χ0) is 11.8. The summed E-state index contributed by atoms with van der Waals surface area (Å²) in [6, 6.07) is 5.96. The van der Waals surface area contributed by atoms with Crippen LogP contribution >= 0.6 is 12.4 Å². The van der Waals surface area contributed by atoms with Crippen molar-refractivity contribution in [3.63, 3.8) is 0 Å². The molecule has 0 saturated heterocycles. The van der Waals surface area contributed by atoms with Crippen molar-refractivity contribution in [2.45, 2.75) is 6.42 Å². The molecular weight excluding hydrogens is 247 g/mol. The lowest BCUT2D eigenvalue weighted by Gasteiger charge is -2.07. The quantitative estimate of drug-likeness (QED) is 0.755. The lowest BCUT2D eigenvalue weighted by atomic mass is 10.3. The second-order valence-electron chi connectivity index (χ2n) is 3.21. The maximum atomic E-state index is 13.1. The van der Waals surface area contributed by atoms with Crippen molar-refractivity contribution in [3.8, 4) is 5.75 Å². The minimum atomic E-state index is -0.475. The third-order valence-electron chi connectivity index (χ3n) is 1.90. The van der Waals surface area contributed by atoms with Gasteiger partial charge in [-0.05, 0) is 25.1 Å². The van der Waals surface area contributed by atoms with Crippen molar-refractivity contribution < 1.29 is 13.9 Å². The number of hydrogen-bond donors (Lipinski definition) is 2. The van der Waals surface area contributed by atoms with Crippen molar-refractivity contribution in [1.29, 1.82) is 0 Å². The SMILES string of the molecule is Cl.NCCCNC(=O)COc1ccccc1F. The smallest absolute Gasteiger partial charge is 0.257 e. The Balaban J connectivity index is 0.00000256. The van der Waals surface area contributed by atoms with E-state index in [-0.39, 0.29) is 30.7 Å². The average molecular weight is 263 g/mol. The molecule has 0 saturated carbocycles. The summed E-state index contributed by atoms with van der Waals surface area (Å²) in [6.07, 6.45) is 0.714. The molecule has 0 bridgehead atoms. The van der Waals surface area contributed by atoms with Crippen LogP contribution in [0.3, 0.4) is 0 Å². The fourth-order valence-corrected chi connectivity index (χ4v) is 1.09. The number of benzene rings is 1. The van der Waals surface area contributed by atoms with Crippen LogP contribution < -0.4 is 15.8 Å². The molecule has 0 atom stereocenters. The second kappa shape index (κ2) is 8.78. The van der Waals surface area contributed by atoms with E-state index in [1.165, 1.54) is 12.1 Å². The summed E-state index contributed by atoms with van der Waals surface area (Å²) in [7, 11) is 0. The molecule has 0 fully saturated rings. The highest BCUT2D eigenvalue weighted by Crippen LogP contribution is 2.14. The molecule has 3 N–H and O–H groups in total. The van der Waals surface area contributed by atoms with Crippen molar-refractivity contribution in [2.24, 2.45) is 5.73 Å². The van der Waals surface area contributed by atoms with Crippen LogP contribution in [0.2, 0.25) is 0 Å². The van der Waals surface area contributed by atoms with Crippen LogP contribution in [-0.4, -0.2) is 25.6 Å². The Hall–Kier alpha value is -1.33. The summed E-state index contributed by atoms with van der Waals surface area (Å²) in [5.74, 6) is -0.676. The van der Waals surface area contributed by atoms with Crippen LogP contribution in [0.15, 0.2) is 24.3 Å². The molecule has 0 aliphatic heterocycles. The summed E-state index contributed by atoms with van der Waals surface area (Å²) in [6.45, 7) is 0.843. The molecule has 0 aromatic heterocycles. The Kier molecular flexibility index (Phi) is 8.09. The van der Waals surface area contributed by atoms with E-state index >= 15 is 0 Å². The fraction of sp³-hybridized carbons (Fsp3) is 0.364. The number of carbonyl (C=O) groups is 1. The normalized spacial score (nSPS) is 9.29. The molecule has 0 unspecified atom stereocenters. The van der Waals surface area contributed by atoms with Gasteiger partial charge in [0.25, 0.3) is 5.91 Å². The second-order valence-corrected chi connectivity index (χ2v) is 3.21. The van der Waals surface area contributed by atoms with Gasteiger partial charge >= 0.3 is 0 Å². The van der Waals surface area contributed by atoms with Gasteiger partial charge in [-0.25, -0.2) is 4.39 Å². The summed E-state index contributed by atoms with van der Waals surface area (Å²) in [5, 5.41) is 2.61. The molecule has 0 radical (unpaired) electrons. The molecule has 1 aromatic carbocycles. The zero-order valence-corrected chi connectivity index (χ0v) is 10.1. The van der Waals surface area contributed by atoms with Crippen LogP contribution in [0.5, 0.6) is 5.75 Å². The molecule has 6 heteroatoms. The van der Waals surface area contributed by atoms with Gasteiger partial charge < -0.3 is 15.8 Å². The van der Waals surface area contributed by atoms with E-state index in [1.54, 1.807) is 12.1 Å². The molecule has 0 aliphatic rings. The Morgan fingerprint density at radius 1 is 1.41 bits per heavy atom. The van der Waals surface area contributed by atoms with Gasteiger partial charge in [-0.15, -0.1) is 12.4 Å². The van der Waals surface area contributed by atoms with Gasteiger partial charge in [-0.3, -0.25) is 4.79 Å². The van der Waals surface area contributed by atoms with Gasteiger partial charge in [0.2, 0.25) is 0 Å². The van der Waals surface area contributed by atoms with Crippen molar-refractivity contribution in [1.82, 2.24) is 5.32 Å². The first-order valence-electron chi connectivity index (χ1n) is 5.08. The maximum absolute atomic E-state index is 13.1. The number of amides is 1. The number of rotatable bonds is 6. The van der Waals surface area contributed by atoms with E-state index in [0.717, 1.165) is 0 Å². The maximum Gasteiger partial charge on any atom is 0.257 e. The van der Waals surface area contributed by atoms with Crippen molar-refractivity contribution in [3.05, 3.63) is 30.1 Å². The Morgan fingerprint density at radius 3 is 2.76 bits per heavy atom. The van der Waals surface area contributed by atoms with E-state index in [0.29, 0.717) is 19.5 Å². The van der Waals surface area contributed by atoms with E-state index < -0.39 is 5.82 Å². The van der Waals surface area contributed by atoms with Crippen LogP contribution in [-0.2, 0) is 4.79 Å². The predicted molar refractivity (Wildman–Crippen MR) is 65.8 cm³/mol. The highest BCUT2D eigenvalue weighted by molar-refractivity contribution is 5.85. The fourth-order valence-electron chi connectivity index (χ4n) is 1.09. The number of hydrogen-bond acceptors (Lipinski definition) is 3. The van der Waals surface area contributed by atoms with E-state index in [2.05, 4.69) is 5.32 Å².